The third-order valence-electron chi connectivity index (χ3n) is 5.72. The number of oxazole rings is 1. The van der Waals surface area contributed by atoms with Crippen LogP contribution in [0.2, 0.25) is 0 Å². The summed E-state index contributed by atoms with van der Waals surface area (Å²) in [5.41, 5.74) is 6.41. The zero-order valence-corrected chi connectivity index (χ0v) is 20.4. The van der Waals surface area contributed by atoms with Gasteiger partial charge in [-0.15, -0.1) is 5.10 Å². The highest BCUT2D eigenvalue weighted by Gasteiger charge is 2.21. The summed E-state index contributed by atoms with van der Waals surface area (Å²) in [4.78, 5) is 17.6. The molecule has 0 atom stereocenters. The van der Waals surface area contributed by atoms with Crippen molar-refractivity contribution >= 4 is 11.6 Å². The second-order valence-corrected chi connectivity index (χ2v) is 8.36. The van der Waals surface area contributed by atoms with Crippen LogP contribution < -0.4 is 10.1 Å². The first-order valence-electron chi connectivity index (χ1n) is 11.3. The van der Waals surface area contributed by atoms with E-state index in [0.717, 1.165) is 33.7 Å². The van der Waals surface area contributed by atoms with E-state index >= 15 is 0 Å². The number of anilines is 1. The van der Waals surface area contributed by atoms with Crippen LogP contribution in [0.15, 0.2) is 40.8 Å². The average molecular weight is 460 g/mol. The van der Waals surface area contributed by atoms with E-state index < -0.39 is 0 Å². The summed E-state index contributed by atoms with van der Waals surface area (Å²) in [6.45, 7) is 12.5. The van der Waals surface area contributed by atoms with Gasteiger partial charge in [0.25, 0.3) is 5.91 Å². The van der Waals surface area contributed by atoms with Crippen LogP contribution in [0.3, 0.4) is 0 Å². The van der Waals surface area contributed by atoms with Crippen molar-refractivity contribution in [3.63, 3.8) is 0 Å². The smallest absolute Gasteiger partial charge is 0.278 e. The molecule has 1 amide bonds. The van der Waals surface area contributed by atoms with Crippen molar-refractivity contribution in [3.05, 3.63) is 75.9 Å². The van der Waals surface area contributed by atoms with Crippen LogP contribution in [-0.4, -0.2) is 32.5 Å². The minimum Gasteiger partial charge on any atom is -0.493 e. The van der Waals surface area contributed by atoms with E-state index in [0.29, 0.717) is 36.2 Å². The Morgan fingerprint density at radius 1 is 1.09 bits per heavy atom. The van der Waals surface area contributed by atoms with Crippen molar-refractivity contribution in [2.24, 2.45) is 0 Å². The van der Waals surface area contributed by atoms with Crippen molar-refractivity contribution in [2.75, 3.05) is 11.9 Å². The molecule has 34 heavy (non-hydrogen) atoms. The van der Waals surface area contributed by atoms with Gasteiger partial charge in [0.15, 0.2) is 5.69 Å². The van der Waals surface area contributed by atoms with Gasteiger partial charge in [-0.05, 0) is 64.8 Å². The summed E-state index contributed by atoms with van der Waals surface area (Å²) in [6.07, 6.45) is 0. The first-order valence-corrected chi connectivity index (χ1v) is 11.3. The molecule has 176 valence electrons. The van der Waals surface area contributed by atoms with E-state index in [1.54, 1.807) is 4.68 Å². The quantitative estimate of drug-likeness (QED) is 0.409. The highest BCUT2D eigenvalue weighted by Crippen LogP contribution is 2.31. The minimum absolute atomic E-state index is 0.280. The van der Waals surface area contributed by atoms with Gasteiger partial charge < -0.3 is 14.5 Å². The zero-order valence-electron chi connectivity index (χ0n) is 20.4. The number of nitrogens with zero attached hydrogens (tertiary/aromatic N) is 4. The molecule has 0 saturated heterocycles. The molecule has 0 radical (unpaired) electrons. The monoisotopic (exact) mass is 459 g/mol. The van der Waals surface area contributed by atoms with Crippen LogP contribution >= 0.6 is 0 Å². The highest BCUT2D eigenvalue weighted by molar-refractivity contribution is 6.04. The van der Waals surface area contributed by atoms with Crippen LogP contribution in [0.1, 0.15) is 51.3 Å². The third kappa shape index (κ3) is 4.57. The first kappa shape index (κ1) is 23.2. The molecule has 2 aromatic heterocycles. The van der Waals surface area contributed by atoms with Crippen molar-refractivity contribution < 1.29 is 13.9 Å². The van der Waals surface area contributed by atoms with Crippen LogP contribution in [-0.2, 0) is 6.54 Å². The van der Waals surface area contributed by atoms with Crippen LogP contribution in [0.25, 0.3) is 11.5 Å². The molecule has 0 unspecified atom stereocenters. The molecule has 0 aliphatic heterocycles. The molecule has 4 aromatic rings. The summed E-state index contributed by atoms with van der Waals surface area (Å²) in [5.74, 6) is 1.59. The molecule has 0 spiro atoms. The molecule has 1 N–H and O–H groups in total. The van der Waals surface area contributed by atoms with E-state index in [4.69, 9.17) is 9.15 Å². The molecule has 0 bridgehead atoms. The van der Waals surface area contributed by atoms with Gasteiger partial charge in [0.2, 0.25) is 5.89 Å². The molecule has 0 saturated carbocycles. The van der Waals surface area contributed by atoms with E-state index in [9.17, 15) is 4.79 Å². The number of aromatic nitrogens is 4. The Morgan fingerprint density at radius 3 is 2.50 bits per heavy atom. The fraction of sp³-hybridized carbons (Fsp3) is 0.308. The molecule has 0 fully saturated rings. The van der Waals surface area contributed by atoms with Crippen LogP contribution in [0.4, 0.5) is 5.69 Å². The summed E-state index contributed by atoms with van der Waals surface area (Å²) < 4.78 is 13.3. The van der Waals surface area contributed by atoms with Gasteiger partial charge in [0, 0.05) is 5.69 Å². The normalized spacial score (nSPS) is 11.0. The standard InChI is InChI=1S/C26H29N5O3/c1-7-33-22-11-9-8-10-20(22)26-27-21(19(6)34-26)14-31-18(5)24(29-30-31)25(32)28-23-16(3)12-15(2)13-17(23)4/h8-13H,7,14H2,1-6H3,(H,28,32). The Balaban J connectivity index is 1.56. The summed E-state index contributed by atoms with van der Waals surface area (Å²) in [7, 11) is 0. The maximum absolute atomic E-state index is 13.0. The number of amides is 1. The molecule has 2 aromatic carbocycles. The molecule has 0 aliphatic rings. The molecular formula is C26H29N5O3. The topological polar surface area (TPSA) is 95.1 Å². The largest absolute Gasteiger partial charge is 0.493 e. The lowest BCUT2D eigenvalue weighted by Crippen LogP contribution is -2.16. The number of carbonyl (C=O) groups excluding carboxylic acids is 1. The van der Waals surface area contributed by atoms with Crippen molar-refractivity contribution in [1.82, 2.24) is 20.0 Å². The van der Waals surface area contributed by atoms with Gasteiger partial charge in [0.05, 0.1) is 24.4 Å². The van der Waals surface area contributed by atoms with E-state index in [1.165, 1.54) is 0 Å². The fourth-order valence-electron chi connectivity index (χ4n) is 4.03. The lowest BCUT2D eigenvalue weighted by atomic mass is 10.0. The second kappa shape index (κ2) is 9.51. The molecule has 8 nitrogen and oxygen atoms in total. The van der Waals surface area contributed by atoms with Gasteiger partial charge >= 0.3 is 0 Å². The molecule has 2 heterocycles. The predicted octanol–water partition coefficient (Wildman–Crippen LogP) is 5.17. The summed E-state index contributed by atoms with van der Waals surface area (Å²) in [5, 5.41) is 11.3. The van der Waals surface area contributed by atoms with Gasteiger partial charge in [0.1, 0.15) is 17.2 Å². The minimum atomic E-state index is -0.290. The Kier molecular flexibility index (Phi) is 6.49. The summed E-state index contributed by atoms with van der Waals surface area (Å²) in [6, 6.07) is 11.7. The lowest BCUT2D eigenvalue weighted by Gasteiger charge is -2.12. The SMILES string of the molecule is CCOc1ccccc1-c1nc(Cn2nnc(C(=O)Nc3c(C)cc(C)cc3C)c2C)c(C)o1. The van der Waals surface area contributed by atoms with E-state index in [-0.39, 0.29) is 11.6 Å². The fourth-order valence-corrected chi connectivity index (χ4v) is 4.03. The number of benzene rings is 2. The number of para-hydroxylation sites is 1. The van der Waals surface area contributed by atoms with E-state index in [1.807, 2.05) is 77.9 Å². The highest BCUT2D eigenvalue weighted by atomic mass is 16.5. The Hall–Kier alpha value is -3.94. The van der Waals surface area contributed by atoms with Gasteiger partial charge in [-0.3, -0.25) is 4.79 Å². The number of aryl methyl sites for hydroxylation is 4. The van der Waals surface area contributed by atoms with E-state index in [2.05, 4.69) is 20.6 Å². The van der Waals surface area contributed by atoms with Gasteiger partial charge in [-0.2, -0.15) is 0 Å². The van der Waals surface area contributed by atoms with Crippen LogP contribution in [0.5, 0.6) is 5.75 Å². The number of carbonyl (C=O) groups is 1. The molecule has 4 rings (SSSR count). The maximum atomic E-state index is 13.0. The Labute approximate surface area is 199 Å². The first-order chi connectivity index (χ1) is 16.3. The number of nitrogens with one attached hydrogen (secondary N) is 1. The molecule has 8 heteroatoms. The predicted molar refractivity (Wildman–Crippen MR) is 130 cm³/mol. The zero-order chi connectivity index (χ0) is 24.4. The average Bonchev–Trinajstić information content (AvgIpc) is 3.34. The number of ether oxygens (including phenoxy) is 1. The molecule has 0 aliphatic carbocycles. The van der Waals surface area contributed by atoms with Crippen molar-refractivity contribution in [2.45, 2.75) is 48.1 Å². The lowest BCUT2D eigenvalue weighted by molar-refractivity contribution is 0.102. The van der Waals surface area contributed by atoms with Gasteiger partial charge in [-0.25, -0.2) is 9.67 Å². The molecular weight excluding hydrogens is 430 g/mol. The number of hydrogen-bond acceptors (Lipinski definition) is 6. The second-order valence-electron chi connectivity index (χ2n) is 8.36. The van der Waals surface area contributed by atoms with Crippen molar-refractivity contribution in [1.29, 1.82) is 0 Å². The van der Waals surface area contributed by atoms with Crippen LogP contribution in [0, 0.1) is 34.6 Å². The third-order valence-corrected chi connectivity index (χ3v) is 5.72. The Bertz CT molecular complexity index is 1330. The summed E-state index contributed by atoms with van der Waals surface area (Å²) >= 11 is 0. The number of rotatable bonds is 7. The maximum Gasteiger partial charge on any atom is 0.278 e. The van der Waals surface area contributed by atoms with Gasteiger partial charge in [-0.1, -0.05) is 35.0 Å². The van der Waals surface area contributed by atoms with Crippen molar-refractivity contribution in [3.8, 4) is 17.2 Å². The Morgan fingerprint density at radius 2 is 1.79 bits per heavy atom. The number of hydrogen-bond donors (Lipinski definition) is 1.